The molecule has 0 atom stereocenters. The van der Waals surface area contributed by atoms with Gasteiger partial charge in [0.25, 0.3) is 0 Å². The van der Waals surface area contributed by atoms with Gasteiger partial charge in [0.05, 0.1) is 5.56 Å². The Morgan fingerprint density at radius 1 is 0.853 bits per heavy atom. The van der Waals surface area contributed by atoms with E-state index < -0.39 is 5.97 Å². The average Bonchev–Trinajstić information content (AvgIpc) is 2.83. The quantitative estimate of drug-likeness (QED) is 0.293. The first-order chi connectivity index (χ1) is 16.5. The van der Waals surface area contributed by atoms with Crippen LogP contribution in [0.2, 0.25) is 5.02 Å². The van der Waals surface area contributed by atoms with Crippen LogP contribution in [0, 0.1) is 0 Å². The number of rotatable bonds is 9. The summed E-state index contributed by atoms with van der Waals surface area (Å²) < 4.78 is 11.8. The molecule has 0 saturated carbocycles. The van der Waals surface area contributed by atoms with Gasteiger partial charge in [-0.1, -0.05) is 29.8 Å². The number of carboxylic acid groups (broad SMARTS) is 1. The molecule has 0 unspecified atom stereocenters. The SMILES string of the molecule is CN(Cc1ccc(Oc2ccc(Cl)cc2)cc1)Cc1cccnc1Oc1ccc(C(=O)O)cc1. The van der Waals surface area contributed by atoms with Gasteiger partial charge in [-0.15, -0.1) is 0 Å². The summed E-state index contributed by atoms with van der Waals surface area (Å²) >= 11 is 5.92. The second kappa shape index (κ2) is 10.8. The zero-order valence-corrected chi connectivity index (χ0v) is 19.3. The average molecular weight is 475 g/mol. The second-order valence-corrected chi connectivity index (χ2v) is 8.21. The van der Waals surface area contributed by atoms with Gasteiger partial charge in [0, 0.05) is 29.9 Å². The Morgan fingerprint density at radius 2 is 1.44 bits per heavy atom. The predicted molar refractivity (Wildman–Crippen MR) is 131 cm³/mol. The number of carbonyl (C=O) groups is 1. The Labute approximate surface area is 203 Å². The van der Waals surface area contributed by atoms with Crippen molar-refractivity contribution in [3.8, 4) is 23.1 Å². The molecule has 0 saturated heterocycles. The smallest absolute Gasteiger partial charge is 0.335 e. The molecule has 1 N–H and O–H groups in total. The van der Waals surface area contributed by atoms with E-state index >= 15 is 0 Å². The van der Waals surface area contributed by atoms with Gasteiger partial charge >= 0.3 is 5.97 Å². The molecule has 7 heteroatoms. The van der Waals surface area contributed by atoms with E-state index in [0.717, 1.165) is 29.2 Å². The number of benzene rings is 3. The van der Waals surface area contributed by atoms with E-state index in [2.05, 4.69) is 9.88 Å². The van der Waals surface area contributed by atoms with E-state index in [1.54, 1.807) is 30.5 Å². The van der Waals surface area contributed by atoms with E-state index in [9.17, 15) is 4.79 Å². The van der Waals surface area contributed by atoms with Crippen molar-refractivity contribution >= 4 is 17.6 Å². The lowest BCUT2D eigenvalue weighted by Crippen LogP contribution is -2.17. The van der Waals surface area contributed by atoms with E-state index in [1.165, 1.54) is 12.1 Å². The number of pyridine rings is 1. The van der Waals surface area contributed by atoms with Crippen LogP contribution in [0.25, 0.3) is 0 Å². The number of nitrogens with zero attached hydrogens (tertiary/aromatic N) is 2. The van der Waals surface area contributed by atoms with E-state index in [1.807, 2.05) is 55.6 Å². The zero-order chi connectivity index (χ0) is 23.9. The summed E-state index contributed by atoms with van der Waals surface area (Å²) in [5.74, 6) is 1.53. The first-order valence-electron chi connectivity index (χ1n) is 10.6. The highest BCUT2D eigenvalue weighted by Gasteiger charge is 2.11. The molecule has 34 heavy (non-hydrogen) atoms. The number of carboxylic acids is 1. The molecule has 0 aliphatic heterocycles. The van der Waals surface area contributed by atoms with Gasteiger partial charge in [0.1, 0.15) is 17.2 Å². The lowest BCUT2D eigenvalue weighted by Gasteiger charge is -2.18. The van der Waals surface area contributed by atoms with Crippen LogP contribution in [0.15, 0.2) is 91.1 Å². The molecule has 4 aromatic rings. The molecule has 0 spiro atoms. The third-order valence-corrected chi connectivity index (χ3v) is 5.28. The van der Waals surface area contributed by atoms with Crippen LogP contribution < -0.4 is 9.47 Å². The monoisotopic (exact) mass is 474 g/mol. The van der Waals surface area contributed by atoms with Crippen LogP contribution in [0.5, 0.6) is 23.1 Å². The standard InChI is InChI=1S/C27H23ClN2O4/c1-30(17-19-4-10-23(11-5-19)33-24-14-8-22(28)9-15-24)18-21-3-2-16-29-26(21)34-25-12-6-20(7-13-25)27(31)32/h2-16H,17-18H2,1H3,(H,31,32). The number of halogens is 1. The van der Waals surface area contributed by atoms with Crippen LogP contribution in [-0.4, -0.2) is 28.0 Å². The van der Waals surface area contributed by atoms with E-state index in [0.29, 0.717) is 23.2 Å². The van der Waals surface area contributed by atoms with Gasteiger partial charge in [0.2, 0.25) is 5.88 Å². The van der Waals surface area contributed by atoms with Crippen molar-refractivity contribution < 1.29 is 19.4 Å². The van der Waals surface area contributed by atoms with Crippen molar-refractivity contribution in [2.24, 2.45) is 0 Å². The number of aromatic carboxylic acids is 1. The van der Waals surface area contributed by atoms with Crippen molar-refractivity contribution in [1.29, 1.82) is 0 Å². The molecule has 4 rings (SSSR count). The first kappa shape index (κ1) is 23.3. The summed E-state index contributed by atoms with van der Waals surface area (Å²) in [5.41, 5.74) is 2.27. The summed E-state index contributed by atoms with van der Waals surface area (Å²) in [6.07, 6.45) is 1.67. The molecule has 0 radical (unpaired) electrons. The minimum absolute atomic E-state index is 0.206. The maximum Gasteiger partial charge on any atom is 0.335 e. The van der Waals surface area contributed by atoms with Crippen LogP contribution in [0.1, 0.15) is 21.5 Å². The molecule has 1 aromatic heterocycles. The molecule has 0 fully saturated rings. The number of aromatic nitrogens is 1. The lowest BCUT2D eigenvalue weighted by molar-refractivity contribution is 0.0697. The van der Waals surface area contributed by atoms with Gasteiger partial charge in [-0.3, -0.25) is 4.90 Å². The Bertz CT molecular complexity index is 1240. The van der Waals surface area contributed by atoms with Gasteiger partial charge in [-0.2, -0.15) is 0 Å². The molecule has 0 bridgehead atoms. The minimum Gasteiger partial charge on any atom is -0.478 e. The van der Waals surface area contributed by atoms with E-state index in [4.69, 9.17) is 26.2 Å². The van der Waals surface area contributed by atoms with Gasteiger partial charge < -0.3 is 14.6 Å². The Morgan fingerprint density at radius 3 is 2.09 bits per heavy atom. The highest BCUT2D eigenvalue weighted by molar-refractivity contribution is 6.30. The Kier molecular flexibility index (Phi) is 7.42. The van der Waals surface area contributed by atoms with Crippen LogP contribution in [-0.2, 0) is 13.1 Å². The van der Waals surface area contributed by atoms with Crippen LogP contribution >= 0.6 is 11.6 Å². The molecule has 0 aliphatic carbocycles. The molecule has 172 valence electrons. The topological polar surface area (TPSA) is 71.9 Å². The number of hydrogen-bond acceptors (Lipinski definition) is 5. The Balaban J connectivity index is 1.37. The highest BCUT2D eigenvalue weighted by atomic mass is 35.5. The maximum absolute atomic E-state index is 11.0. The number of hydrogen-bond donors (Lipinski definition) is 1. The molecule has 3 aromatic carbocycles. The molecule has 1 heterocycles. The van der Waals surface area contributed by atoms with E-state index in [-0.39, 0.29) is 5.56 Å². The predicted octanol–water partition coefficient (Wildman–Crippen LogP) is 6.65. The fourth-order valence-corrected chi connectivity index (χ4v) is 3.50. The van der Waals surface area contributed by atoms with Gasteiger partial charge in [0.15, 0.2) is 0 Å². The molecule has 6 nitrogen and oxygen atoms in total. The van der Waals surface area contributed by atoms with Gasteiger partial charge in [-0.25, -0.2) is 9.78 Å². The summed E-state index contributed by atoms with van der Waals surface area (Å²) in [4.78, 5) is 17.6. The highest BCUT2D eigenvalue weighted by Crippen LogP contribution is 2.26. The molecule has 0 aliphatic rings. The minimum atomic E-state index is -0.976. The van der Waals surface area contributed by atoms with Crippen molar-refractivity contribution in [3.05, 3.63) is 113 Å². The van der Waals surface area contributed by atoms with Crippen LogP contribution in [0.3, 0.4) is 0 Å². The van der Waals surface area contributed by atoms with Crippen LogP contribution in [0.4, 0.5) is 0 Å². The molecule has 0 amide bonds. The third-order valence-electron chi connectivity index (χ3n) is 5.03. The zero-order valence-electron chi connectivity index (χ0n) is 18.5. The normalized spacial score (nSPS) is 10.8. The van der Waals surface area contributed by atoms with Gasteiger partial charge in [-0.05, 0) is 79.3 Å². The van der Waals surface area contributed by atoms with Crippen molar-refractivity contribution in [3.63, 3.8) is 0 Å². The largest absolute Gasteiger partial charge is 0.478 e. The summed E-state index contributed by atoms with van der Waals surface area (Å²) in [6, 6.07) is 25.3. The lowest BCUT2D eigenvalue weighted by atomic mass is 10.2. The van der Waals surface area contributed by atoms with Crippen molar-refractivity contribution in [2.45, 2.75) is 13.1 Å². The first-order valence-corrected chi connectivity index (χ1v) is 11.0. The molecular weight excluding hydrogens is 452 g/mol. The number of ether oxygens (including phenoxy) is 2. The van der Waals surface area contributed by atoms with Crippen molar-refractivity contribution in [2.75, 3.05) is 7.05 Å². The summed E-state index contributed by atoms with van der Waals surface area (Å²) in [7, 11) is 2.02. The second-order valence-electron chi connectivity index (χ2n) is 7.77. The summed E-state index contributed by atoms with van der Waals surface area (Å²) in [6.45, 7) is 1.35. The fraction of sp³-hybridized carbons (Fsp3) is 0.111. The maximum atomic E-state index is 11.0. The third kappa shape index (κ3) is 6.34. The Hall–Kier alpha value is -3.87. The summed E-state index contributed by atoms with van der Waals surface area (Å²) in [5, 5.41) is 9.72. The fourth-order valence-electron chi connectivity index (χ4n) is 3.37. The molecular formula is C27H23ClN2O4. The van der Waals surface area contributed by atoms with Crippen molar-refractivity contribution in [1.82, 2.24) is 9.88 Å².